The summed E-state index contributed by atoms with van der Waals surface area (Å²) in [4.78, 5) is 0. The molecule has 0 spiro atoms. The summed E-state index contributed by atoms with van der Waals surface area (Å²) in [6.07, 6.45) is 0. The van der Waals surface area contributed by atoms with Gasteiger partial charge in [0.25, 0.3) is 10.1 Å². The topological polar surface area (TPSA) is 54.4 Å². The minimum atomic E-state index is -3.84. The van der Waals surface area contributed by atoms with Crippen LogP contribution in [0, 0.1) is 0 Å². The number of rotatable bonds is 0. The molecule has 0 saturated carbocycles. The Kier molecular flexibility index (Phi) is 3.79. The molecule has 0 aromatic carbocycles. The molecule has 0 aliphatic heterocycles. The third-order valence-electron chi connectivity index (χ3n) is 0.774. The molecule has 0 aromatic heterocycles. The standard InChI is InChI=1S/C4H10O3S.ClH/c1-4(2,3)8(5,6)7;/h1-3H3,(H,5,6,7);1H. The lowest BCUT2D eigenvalue weighted by Crippen LogP contribution is -2.26. The molecule has 0 aliphatic rings. The van der Waals surface area contributed by atoms with Gasteiger partial charge in [0.15, 0.2) is 0 Å². The van der Waals surface area contributed by atoms with Crippen molar-refractivity contribution in [2.75, 3.05) is 0 Å². The SMILES string of the molecule is CC(C)(C)S(=O)(=O)O.Cl. The summed E-state index contributed by atoms with van der Waals surface area (Å²) in [7, 11) is -3.84. The Balaban J connectivity index is 0. The van der Waals surface area contributed by atoms with Gasteiger partial charge in [0.1, 0.15) is 0 Å². The van der Waals surface area contributed by atoms with E-state index in [-0.39, 0.29) is 12.4 Å². The molecule has 0 atom stereocenters. The number of hydrogen-bond acceptors (Lipinski definition) is 2. The third kappa shape index (κ3) is 3.72. The first kappa shape index (κ1) is 11.9. The largest absolute Gasteiger partial charge is 0.285 e. The van der Waals surface area contributed by atoms with E-state index in [1.807, 2.05) is 0 Å². The number of hydrogen-bond donors (Lipinski definition) is 1. The molecule has 1 N–H and O–H groups in total. The maximum Gasteiger partial charge on any atom is 0.269 e. The lowest BCUT2D eigenvalue weighted by molar-refractivity contribution is 0.450. The van der Waals surface area contributed by atoms with Crippen molar-refractivity contribution < 1.29 is 13.0 Å². The molecule has 0 rings (SSSR count). The van der Waals surface area contributed by atoms with Crippen LogP contribution in [-0.2, 0) is 10.1 Å². The molecule has 0 unspecified atom stereocenters. The zero-order chi connectivity index (χ0) is 7.00. The molecule has 0 aliphatic carbocycles. The molecule has 0 amide bonds. The van der Waals surface area contributed by atoms with Crippen molar-refractivity contribution in [1.29, 1.82) is 0 Å². The van der Waals surface area contributed by atoms with Crippen molar-refractivity contribution in [2.45, 2.75) is 25.5 Å². The fourth-order valence-electron chi connectivity index (χ4n) is 0. The van der Waals surface area contributed by atoms with Crippen molar-refractivity contribution in [3.05, 3.63) is 0 Å². The highest BCUT2D eigenvalue weighted by molar-refractivity contribution is 7.87. The molecule has 0 radical (unpaired) electrons. The first-order chi connectivity index (χ1) is 3.25. The summed E-state index contributed by atoms with van der Waals surface area (Å²) < 4.78 is 27.7. The minimum Gasteiger partial charge on any atom is -0.285 e. The van der Waals surface area contributed by atoms with Crippen molar-refractivity contribution in [3.63, 3.8) is 0 Å². The van der Waals surface area contributed by atoms with E-state index in [0.717, 1.165) is 0 Å². The molecule has 0 heterocycles. The summed E-state index contributed by atoms with van der Waals surface area (Å²) in [5, 5.41) is 0. The van der Waals surface area contributed by atoms with Crippen LogP contribution in [0.4, 0.5) is 0 Å². The van der Waals surface area contributed by atoms with Gasteiger partial charge in [0.2, 0.25) is 0 Å². The van der Waals surface area contributed by atoms with Gasteiger partial charge < -0.3 is 0 Å². The minimum absolute atomic E-state index is 0. The monoisotopic (exact) mass is 174 g/mol. The highest BCUT2D eigenvalue weighted by atomic mass is 35.5. The van der Waals surface area contributed by atoms with E-state index in [4.69, 9.17) is 4.55 Å². The molecular weight excluding hydrogens is 164 g/mol. The lowest BCUT2D eigenvalue weighted by atomic mass is 10.3. The van der Waals surface area contributed by atoms with Gasteiger partial charge in [-0.05, 0) is 20.8 Å². The van der Waals surface area contributed by atoms with Gasteiger partial charge >= 0.3 is 0 Å². The predicted molar refractivity (Wildman–Crippen MR) is 38.5 cm³/mol. The zero-order valence-corrected chi connectivity index (χ0v) is 7.21. The van der Waals surface area contributed by atoms with E-state index < -0.39 is 14.9 Å². The van der Waals surface area contributed by atoms with E-state index in [1.54, 1.807) is 0 Å². The maximum absolute atomic E-state index is 10.2. The van der Waals surface area contributed by atoms with Crippen LogP contribution in [0.25, 0.3) is 0 Å². The summed E-state index contributed by atoms with van der Waals surface area (Å²) >= 11 is 0. The van der Waals surface area contributed by atoms with Gasteiger partial charge in [-0.1, -0.05) is 0 Å². The normalized spacial score (nSPS) is 12.4. The van der Waals surface area contributed by atoms with Crippen LogP contribution in [0.5, 0.6) is 0 Å². The van der Waals surface area contributed by atoms with Crippen LogP contribution in [0.2, 0.25) is 0 Å². The van der Waals surface area contributed by atoms with Crippen molar-refractivity contribution >= 4 is 22.5 Å². The summed E-state index contributed by atoms with van der Waals surface area (Å²) in [6, 6.07) is 0. The number of halogens is 1. The summed E-state index contributed by atoms with van der Waals surface area (Å²) in [6.45, 7) is 4.30. The van der Waals surface area contributed by atoms with Crippen LogP contribution in [-0.4, -0.2) is 17.7 Å². The van der Waals surface area contributed by atoms with Gasteiger partial charge in [-0.25, -0.2) is 0 Å². The van der Waals surface area contributed by atoms with Crippen molar-refractivity contribution in [2.24, 2.45) is 0 Å². The molecule has 0 saturated heterocycles. The Morgan fingerprint density at radius 2 is 1.33 bits per heavy atom. The smallest absolute Gasteiger partial charge is 0.269 e. The van der Waals surface area contributed by atoms with E-state index in [2.05, 4.69) is 0 Å². The van der Waals surface area contributed by atoms with E-state index in [0.29, 0.717) is 0 Å². The van der Waals surface area contributed by atoms with Crippen LogP contribution in [0.1, 0.15) is 20.8 Å². The highest BCUT2D eigenvalue weighted by Crippen LogP contribution is 2.11. The Morgan fingerprint density at radius 1 is 1.22 bits per heavy atom. The Labute approximate surface area is 61.6 Å². The first-order valence-corrected chi connectivity index (χ1v) is 3.66. The molecule has 3 nitrogen and oxygen atoms in total. The molecule has 9 heavy (non-hydrogen) atoms. The van der Waals surface area contributed by atoms with Crippen molar-refractivity contribution in [3.8, 4) is 0 Å². The molecule has 5 heteroatoms. The van der Waals surface area contributed by atoms with Crippen LogP contribution in [0.15, 0.2) is 0 Å². The molecule has 0 bridgehead atoms. The molecule has 58 valence electrons. The average Bonchev–Trinajstić information content (AvgIpc) is 1.25. The van der Waals surface area contributed by atoms with Crippen LogP contribution >= 0.6 is 12.4 Å². The molecule has 0 fully saturated rings. The van der Waals surface area contributed by atoms with Crippen LogP contribution < -0.4 is 0 Å². The van der Waals surface area contributed by atoms with Gasteiger partial charge in [-0.2, -0.15) is 8.42 Å². The average molecular weight is 175 g/mol. The van der Waals surface area contributed by atoms with E-state index in [1.165, 1.54) is 20.8 Å². The second kappa shape index (κ2) is 2.86. The predicted octanol–water partition coefficient (Wildman–Crippen LogP) is 1.09. The van der Waals surface area contributed by atoms with Gasteiger partial charge in [-0.3, -0.25) is 4.55 Å². The van der Waals surface area contributed by atoms with Crippen molar-refractivity contribution in [1.82, 2.24) is 0 Å². The van der Waals surface area contributed by atoms with E-state index in [9.17, 15) is 8.42 Å². The van der Waals surface area contributed by atoms with Crippen LogP contribution in [0.3, 0.4) is 0 Å². The Morgan fingerprint density at radius 3 is 1.33 bits per heavy atom. The van der Waals surface area contributed by atoms with Gasteiger partial charge in [0, 0.05) is 0 Å². The zero-order valence-electron chi connectivity index (χ0n) is 5.58. The summed E-state index contributed by atoms with van der Waals surface area (Å²) in [5.41, 5.74) is 0. The maximum atomic E-state index is 10.2. The second-order valence-electron chi connectivity index (χ2n) is 2.59. The second-order valence-corrected chi connectivity index (χ2v) is 4.76. The van der Waals surface area contributed by atoms with E-state index >= 15 is 0 Å². The first-order valence-electron chi connectivity index (χ1n) is 2.22. The fraction of sp³-hybridized carbons (Fsp3) is 1.00. The third-order valence-corrected chi connectivity index (χ3v) is 2.32. The molecular formula is C4H11ClO3S. The molecule has 0 aromatic rings. The Hall–Kier alpha value is 0.200. The Bertz CT molecular complexity index is 165. The van der Waals surface area contributed by atoms with Gasteiger partial charge in [-0.15, -0.1) is 12.4 Å². The quantitative estimate of drug-likeness (QED) is 0.560. The lowest BCUT2D eigenvalue weighted by Gasteiger charge is -2.12. The fourth-order valence-corrected chi connectivity index (χ4v) is 0. The van der Waals surface area contributed by atoms with Gasteiger partial charge in [0.05, 0.1) is 4.75 Å². The summed E-state index contributed by atoms with van der Waals surface area (Å²) in [5.74, 6) is 0. The highest BCUT2D eigenvalue weighted by Gasteiger charge is 2.25.